The molecule has 0 heterocycles. The lowest BCUT2D eigenvalue weighted by Crippen LogP contribution is -2.54. The van der Waals surface area contributed by atoms with Gasteiger partial charge in [-0.1, -0.05) is 132 Å². The molecule has 0 saturated heterocycles. The van der Waals surface area contributed by atoms with Gasteiger partial charge >= 0.3 is 0 Å². The summed E-state index contributed by atoms with van der Waals surface area (Å²) in [5, 5.41) is 43.2. The molecule has 4 nitrogen and oxygen atoms in total. The Morgan fingerprint density at radius 3 is 1.19 bits per heavy atom. The van der Waals surface area contributed by atoms with Crippen LogP contribution in [0, 0.1) is 105 Å². The largest absolute Gasteiger partial charge is 0.393 e. The first-order valence-electron chi connectivity index (χ1n) is 27.4. The van der Waals surface area contributed by atoms with Gasteiger partial charge in [0, 0.05) is 0 Å². The van der Waals surface area contributed by atoms with Gasteiger partial charge in [0.1, 0.15) is 0 Å². The third-order valence-corrected chi connectivity index (χ3v) is 22.6. The fraction of sp³-hybridized carbons (Fsp3) is 0.931. The van der Waals surface area contributed by atoms with Gasteiger partial charge < -0.3 is 20.4 Å². The topological polar surface area (TPSA) is 80.9 Å². The molecule has 0 spiro atoms. The van der Waals surface area contributed by atoms with Gasteiger partial charge in [-0.3, -0.25) is 0 Å². The van der Waals surface area contributed by atoms with E-state index in [-0.39, 0.29) is 35.2 Å². The van der Waals surface area contributed by atoms with Gasteiger partial charge in [0.25, 0.3) is 0 Å². The Bertz CT molecular complexity index is 1450. The van der Waals surface area contributed by atoms with E-state index >= 15 is 0 Å². The zero-order valence-corrected chi connectivity index (χ0v) is 42.5. The molecule has 0 unspecified atom stereocenters. The van der Waals surface area contributed by atoms with Crippen molar-refractivity contribution in [3.8, 4) is 0 Å². The van der Waals surface area contributed by atoms with Crippen LogP contribution in [0.3, 0.4) is 0 Å². The first kappa shape index (κ1) is 49.2. The third-order valence-electron chi connectivity index (χ3n) is 22.6. The summed E-state index contributed by atoms with van der Waals surface area (Å²) in [6, 6.07) is 0. The van der Waals surface area contributed by atoms with Crippen LogP contribution in [0.1, 0.15) is 212 Å². The van der Waals surface area contributed by atoms with Crippen LogP contribution >= 0.6 is 0 Å². The standard InChI is InChI=1S/2C29H50O2/c2*1-7-20(18(2)3)9-8-19(4)23-10-11-24-27-25(13-15-29(23,24)6)28(5)14-12-22(30)16-21(28)17-26(27)31/h2*17-20,22-27,30-31H,7-16H2,1-6H3/t2*19-,20-,22+,23-,24+,25+,26-,27+,28+,29-/m11/s1. The van der Waals surface area contributed by atoms with Crippen molar-refractivity contribution in [1.82, 2.24) is 0 Å². The molecule has 62 heavy (non-hydrogen) atoms. The van der Waals surface area contributed by atoms with Crippen LogP contribution in [0.25, 0.3) is 0 Å². The summed E-state index contributed by atoms with van der Waals surface area (Å²) in [6.07, 6.45) is 27.7. The number of hydrogen-bond donors (Lipinski definition) is 4. The molecule has 0 aromatic heterocycles. The van der Waals surface area contributed by atoms with Crippen molar-refractivity contribution in [1.29, 1.82) is 0 Å². The molecule has 8 aliphatic rings. The maximum absolute atomic E-state index is 11.3. The monoisotopic (exact) mass is 861 g/mol. The zero-order chi connectivity index (χ0) is 45.1. The Morgan fingerprint density at radius 2 is 0.855 bits per heavy atom. The maximum Gasteiger partial charge on any atom is 0.0757 e. The number of aliphatic hydroxyl groups is 4. The Morgan fingerprint density at radius 1 is 0.484 bits per heavy atom. The first-order valence-corrected chi connectivity index (χ1v) is 27.4. The predicted molar refractivity (Wildman–Crippen MR) is 259 cm³/mol. The summed E-state index contributed by atoms with van der Waals surface area (Å²) >= 11 is 0. The summed E-state index contributed by atoms with van der Waals surface area (Å²) in [5.41, 5.74) is 3.95. The van der Waals surface area contributed by atoms with E-state index in [1.54, 1.807) is 0 Å². The van der Waals surface area contributed by atoms with E-state index in [1.165, 1.54) is 101 Å². The Balaban J connectivity index is 0.000000186. The summed E-state index contributed by atoms with van der Waals surface area (Å²) in [4.78, 5) is 0. The molecule has 4 N–H and O–H groups in total. The lowest BCUT2D eigenvalue weighted by molar-refractivity contribution is -0.0972. The van der Waals surface area contributed by atoms with E-state index in [0.717, 1.165) is 85.9 Å². The second-order valence-corrected chi connectivity index (χ2v) is 26.0. The van der Waals surface area contributed by atoms with Gasteiger partial charge in [0.05, 0.1) is 24.4 Å². The van der Waals surface area contributed by atoms with Crippen molar-refractivity contribution in [2.24, 2.45) is 105 Å². The van der Waals surface area contributed by atoms with Crippen LogP contribution in [0.2, 0.25) is 0 Å². The van der Waals surface area contributed by atoms with Crippen LogP contribution in [-0.2, 0) is 0 Å². The van der Waals surface area contributed by atoms with Crippen LogP contribution in [-0.4, -0.2) is 44.8 Å². The molecule has 0 radical (unpaired) electrons. The Hall–Kier alpha value is -0.680. The lowest BCUT2D eigenvalue weighted by Gasteiger charge is -2.59. The van der Waals surface area contributed by atoms with E-state index in [2.05, 4.69) is 95.2 Å². The SMILES string of the molecule is CC[C@H](CC[C@@H](C)[C@H]1CC[C@H]2[C@@H]3[C@H](O)C=C4C[C@@H](O)CC[C@]4(C)[C@H]3CC[C@]12C)C(C)C.CC[C@H](CC[C@@H](C)[C@H]1CC[C@H]2[C@@H]3[C@H](O)C=C4C[C@@H](O)CC[C@]4(C)[C@H]3CC[C@]12C)C(C)C. The van der Waals surface area contributed by atoms with Crippen LogP contribution in [0.15, 0.2) is 23.3 Å². The molecule has 8 aliphatic carbocycles. The molecule has 0 aliphatic heterocycles. The molecule has 20 atom stereocenters. The maximum atomic E-state index is 11.3. The highest BCUT2D eigenvalue weighted by molar-refractivity contribution is 5.29. The summed E-state index contributed by atoms with van der Waals surface area (Å²) < 4.78 is 0. The second-order valence-electron chi connectivity index (χ2n) is 26.0. The van der Waals surface area contributed by atoms with Gasteiger partial charge in [-0.25, -0.2) is 0 Å². The quantitative estimate of drug-likeness (QED) is 0.147. The third kappa shape index (κ3) is 8.81. The molecule has 6 saturated carbocycles. The van der Waals surface area contributed by atoms with Crippen LogP contribution < -0.4 is 0 Å². The molecule has 0 aromatic carbocycles. The number of fused-ring (bicyclic) bond motifs is 10. The molecule has 0 aromatic rings. The van der Waals surface area contributed by atoms with Crippen molar-refractivity contribution in [2.75, 3.05) is 0 Å². The minimum absolute atomic E-state index is 0.202. The van der Waals surface area contributed by atoms with Crippen molar-refractivity contribution in [3.05, 3.63) is 23.3 Å². The van der Waals surface area contributed by atoms with E-state index in [0.29, 0.717) is 46.3 Å². The van der Waals surface area contributed by atoms with Crippen LogP contribution in [0.4, 0.5) is 0 Å². The summed E-state index contributed by atoms with van der Waals surface area (Å²) in [5.74, 6) is 9.98. The van der Waals surface area contributed by atoms with Gasteiger partial charge in [0.2, 0.25) is 0 Å². The number of aliphatic hydroxyl groups excluding tert-OH is 4. The molecule has 0 bridgehead atoms. The first-order chi connectivity index (χ1) is 29.2. The smallest absolute Gasteiger partial charge is 0.0757 e. The Kier molecular flexibility index (Phi) is 15.2. The fourth-order valence-corrected chi connectivity index (χ4v) is 18.6. The average molecular weight is 861 g/mol. The number of hydrogen-bond acceptors (Lipinski definition) is 4. The van der Waals surface area contributed by atoms with Crippen molar-refractivity contribution in [3.63, 3.8) is 0 Å². The normalized spacial score (nSPS) is 46.7. The number of rotatable bonds is 12. The Labute approximate surface area is 382 Å². The summed E-state index contributed by atoms with van der Waals surface area (Å²) in [6.45, 7) is 29.5. The minimum Gasteiger partial charge on any atom is -0.393 e. The summed E-state index contributed by atoms with van der Waals surface area (Å²) in [7, 11) is 0. The van der Waals surface area contributed by atoms with Gasteiger partial charge in [-0.05, 0) is 207 Å². The molecule has 4 heteroatoms. The minimum atomic E-state index is -0.303. The van der Waals surface area contributed by atoms with E-state index in [1.807, 2.05) is 0 Å². The average Bonchev–Trinajstić information content (AvgIpc) is 3.76. The predicted octanol–water partition coefficient (Wildman–Crippen LogP) is 14.0. The second kappa shape index (κ2) is 19.1. The van der Waals surface area contributed by atoms with Crippen molar-refractivity contribution in [2.45, 2.75) is 236 Å². The van der Waals surface area contributed by atoms with Crippen molar-refractivity contribution < 1.29 is 20.4 Å². The van der Waals surface area contributed by atoms with Gasteiger partial charge in [0.15, 0.2) is 0 Å². The lowest BCUT2D eigenvalue weighted by atomic mass is 9.46. The van der Waals surface area contributed by atoms with E-state index < -0.39 is 0 Å². The fourth-order valence-electron chi connectivity index (χ4n) is 18.6. The van der Waals surface area contributed by atoms with E-state index in [4.69, 9.17) is 0 Å². The van der Waals surface area contributed by atoms with Crippen molar-refractivity contribution >= 4 is 0 Å². The highest BCUT2D eigenvalue weighted by Gasteiger charge is 2.63. The highest BCUT2D eigenvalue weighted by atomic mass is 16.3. The van der Waals surface area contributed by atoms with Crippen LogP contribution in [0.5, 0.6) is 0 Å². The highest BCUT2D eigenvalue weighted by Crippen LogP contribution is 2.69. The van der Waals surface area contributed by atoms with Gasteiger partial charge in [-0.2, -0.15) is 0 Å². The molecule has 0 amide bonds. The molecular weight excluding hydrogens is 761 g/mol. The van der Waals surface area contributed by atoms with Gasteiger partial charge in [-0.15, -0.1) is 0 Å². The molecular formula is C58H100O4. The van der Waals surface area contributed by atoms with E-state index in [9.17, 15) is 20.4 Å². The molecule has 8 rings (SSSR count). The zero-order valence-electron chi connectivity index (χ0n) is 42.5. The molecule has 6 fully saturated rings. The molecule has 356 valence electrons.